The lowest BCUT2D eigenvalue weighted by Crippen LogP contribution is -2.43. The van der Waals surface area contributed by atoms with Gasteiger partial charge in [-0.15, -0.1) is 0 Å². The average Bonchev–Trinajstić information content (AvgIpc) is 2.96. The van der Waals surface area contributed by atoms with Crippen LogP contribution in [0.25, 0.3) is 0 Å². The molecular weight excluding hydrogens is 274 g/mol. The van der Waals surface area contributed by atoms with Gasteiger partial charge in [0.1, 0.15) is 6.04 Å². The van der Waals surface area contributed by atoms with Gasteiger partial charge in [0.15, 0.2) is 18.1 Å². The first kappa shape index (κ1) is 15.2. The highest BCUT2D eigenvalue weighted by molar-refractivity contribution is 5.86. The van der Waals surface area contributed by atoms with Crippen molar-refractivity contribution in [3.8, 4) is 11.5 Å². The summed E-state index contributed by atoms with van der Waals surface area (Å²) in [5.74, 6) is -0.425. The second kappa shape index (κ2) is 6.97. The van der Waals surface area contributed by atoms with Crippen LogP contribution in [0.1, 0.15) is 19.8 Å². The van der Waals surface area contributed by atoms with Crippen LogP contribution in [0.4, 0.5) is 0 Å². The zero-order valence-electron chi connectivity index (χ0n) is 11.9. The summed E-state index contributed by atoms with van der Waals surface area (Å²) in [7, 11) is 0. The van der Waals surface area contributed by atoms with E-state index in [9.17, 15) is 14.7 Å². The molecule has 1 aromatic carbocycles. The summed E-state index contributed by atoms with van der Waals surface area (Å²) in [4.78, 5) is 25.4. The molecule has 6 nitrogen and oxygen atoms in total. The van der Waals surface area contributed by atoms with E-state index in [1.165, 1.54) is 11.0 Å². The van der Waals surface area contributed by atoms with E-state index in [-0.39, 0.29) is 30.0 Å². The van der Waals surface area contributed by atoms with Crippen LogP contribution < -0.4 is 4.74 Å². The fourth-order valence-electron chi connectivity index (χ4n) is 2.35. The number of benzene rings is 1. The van der Waals surface area contributed by atoms with E-state index in [2.05, 4.69) is 0 Å². The fraction of sp³-hybridized carbons (Fsp3) is 0.467. The van der Waals surface area contributed by atoms with Crippen molar-refractivity contribution < 1.29 is 24.2 Å². The van der Waals surface area contributed by atoms with Crippen molar-refractivity contribution in [1.82, 2.24) is 4.90 Å². The standard InChI is InChI=1S/C15H19NO5/c1-2-20-15(19)11-6-5-9-16(11)14(18)10-21-13-8-4-3-7-12(13)17/h3-4,7-8,11,17H,2,5-6,9-10H2,1H3. The summed E-state index contributed by atoms with van der Waals surface area (Å²) >= 11 is 0. The first-order chi connectivity index (χ1) is 10.1. The van der Waals surface area contributed by atoms with E-state index < -0.39 is 6.04 Å². The molecule has 0 radical (unpaired) electrons. The van der Waals surface area contributed by atoms with E-state index in [4.69, 9.17) is 9.47 Å². The molecule has 2 rings (SSSR count). The van der Waals surface area contributed by atoms with E-state index in [0.717, 1.165) is 6.42 Å². The average molecular weight is 293 g/mol. The number of esters is 1. The smallest absolute Gasteiger partial charge is 0.328 e. The van der Waals surface area contributed by atoms with Crippen LogP contribution >= 0.6 is 0 Å². The lowest BCUT2D eigenvalue weighted by atomic mass is 10.2. The van der Waals surface area contributed by atoms with Crippen LogP contribution in [0, 0.1) is 0 Å². The largest absolute Gasteiger partial charge is 0.504 e. The van der Waals surface area contributed by atoms with Gasteiger partial charge in [0.2, 0.25) is 0 Å². The Hall–Kier alpha value is -2.24. The van der Waals surface area contributed by atoms with Gasteiger partial charge in [-0.1, -0.05) is 12.1 Å². The maximum absolute atomic E-state index is 12.2. The van der Waals surface area contributed by atoms with Gasteiger partial charge >= 0.3 is 5.97 Å². The molecule has 1 aliphatic heterocycles. The zero-order chi connectivity index (χ0) is 15.2. The summed E-state index contributed by atoms with van der Waals surface area (Å²) in [6, 6.07) is 5.91. The quantitative estimate of drug-likeness (QED) is 0.829. The number of nitrogens with zero attached hydrogens (tertiary/aromatic N) is 1. The minimum Gasteiger partial charge on any atom is -0.504 e. The Morgan fingerprint density at radius 1 is 1.38 bits per heavy atom. The van der Waals surface area contributed by atoms with Crippen molar-refractivity contribution in [3.63, 3.8) is 0 Å². The molecule has 1 fully saturated rings. The van der Waals surface area contributed by atoms with E-state index in [1.54, 1.807) is 25.1 Å². The molecule has 1 aromatic rings. The van der Waals surface area contributed by atoms with Gasteiger partial charge in [0.05, 0.1) is 6.61 Å². The summed E-state index contributed by atoms with van der Waals surface area (Å²) in [5.41, 5.74) is 0. The van der Waals surface area contributed by atoms with Crippen LogP contribution in [0.2, 0.25) is 0 Å². The Labute approximate surface area is 123 Å². The summed E-state index contributed by atoms with van der Waals surface area (Å²) in [5, 5.41) is 9.57. The maximum atomic E-state index is 12.2. The van der Waals surface area contributed by atoms with Gasteiger partial charge in [-0.2, -0.15) is 0 Å². The number of phenolic OH excluding ortho intramolecular Hbond substituents is 1. The van der Waals surface area contributed by atoms with E-state index >= 15 is 0 Å². The summed E-state index contributed by atoms with van der Waals surface area (Å²) in [6.45, 7) is 2.34. The number of rotatable bonds is 5. The Bertz CT molecular complexity index is 517. The number of ether oxygens (including phenoxy) is 2. The molecule has 0 saturated carbocycles. The maximum Gasteiger partial charge on any atom is 0.328 e. The molecule has 1 unspecified atom stereocenters. The fourth-order valence-corrected chi connectivity index (χ4v) is 2.35. The SMILES string of the molecule is CCOC(=O)C1CCCN1C(=O)COc1ccccc1O. The van der Waals surface area contributed by atoms with Gasteiger partial charge in [-0.05, 0) is 31.9 Å². The number of amides is 1. The predicted molar refractivity (Wildman–Crippen MR) is 75.0 cm³/mol. The number of hydrogen-bond donors (Lipinski definition) is 1. The molecule has 1 amide bonds. The number of hydrogen-bond acceptors (Lipinski definition) is 5. The van der Waals surface area contributed by atoms with Crippen molar-refractivity contribution >= 4 is 11.9 Å². The van der Waals surface area contributed by atoms with E-state index in [0.29, 0.717) is 19.6 Å². The van der Waals surface area contributed by atoms with E-state index in [1.807, 2.05) is 0 Å². The number of para-hydroxylation sites is 2. The van der Waals surface area contributed by atoms with Crippen LogP contribution in [0.15, 0.2) is 24.3 Å². The molecule has 1 aliphatic rings. The Morgan fingerprint density at radius 2 is 2.14 bits per heavy atom. The van der Waals surface area contributed by atoms with Crippen molar-refractivity contribution in [2.75, 3.05) is 19.8 Å². The van der Waals surface area contributed by atoms with Crippen molar-refractivity contribution in [2.45, 2.75) is 25.8 Å². The van der Waals surface area contributed by atoms with Crippen molar-refractivity contribution in [2.24, 2.45) is 0 Å². The van der Waals surface area contributed by atoms with Crippen LogP contribution in [0.5, 0.6) is 11.5 Å². The third-order valence-corrected chi connectivity index (χ3v) is 3.35. The molecule has 0 aliphatic carbocycles. The minimum absolute atomic E-state index is 0.0198. The molecule has 0 aromatic heterocycles. The molecule has 1 heterocycles. The number of likely N-dealkylation sites (tertiary alicyclic amines) is 1. The highest BCUT2D eigenvalue weighted by atomic mass is 16.5. The first-order valence-electron chi connectivity index (χ1n) is 7.00. The predicted octanol–water partition coefficient (Wildman–Crippen LogP) is 1.33. The molecule has 6 heteroatoms. The van der Waals surface area contributed by atoms with Crippen LogP contribution in [0.3, 0.4) is 0 Å². The monoisotopic (exact) mass is 293 g/mol. The van der Waals surface area contributed by atoms with Gasteiger partial charge in [-0.25, -0.2) is 4.79 Å². The Balaban J connectivity index is 1.93. The third kappa shape index (κ3) is 3.65. The second-order valence-electron chi connectivity index (χ2n) is 4.75. The van der Waals surface area contributed by atoms with Crippen LogP contribution in [-0.4, -0.2) is 47.7 Å². The number of carbonyl (C=O) groups is 2. The normalized spacial score (nSPS) is 17.6. The summed E-state index contributed by atoms with van der Waals surface area (Å²) in [6.07, 6.45) is 1.38. The Morgan fingerprint density at radius 3 is 2.86 bits per heavy atom. The first-order valence-corrected chi connectivity index (χ1v) is 7.00. The van der Waals surface area contributed by atoms with Crippen LogP contribution in [-0.2, 0) is 14.3 Å². The van der Waals surface area contributed by atoms with Gasteiger partial charge in [0, 0.05) is 6.54 Å². The zero-order valence-corrected chi connectivity index (χ0v) is 11.9. The highest BCUT2D eigenvalue weighted by Gasteiger charge is 2.35. The molecule has 0 bridgehead atoms. The third-order valence-electron chi connectivity index (χ3n) is 3.35. The number of phenols is 1. The van der Waals surface area contributed by atoms with Gasteiger partial charge in [-0.3, -0.25) is 4.79 Å². The number of carbonyl (C=O) groups excluding carboxylic acids is 2. The molecule has 1 atom stereocenters. The van der Waals surface area contributed by atoms with Crippen molar-refractivity contribution in [1.29, 1.82) is 0 Å². The minimum atomic E-state index is -0.523. The molecular formula is C15H19NO5. The molecule has 1 N–H and O–H groups in total. The second-order valence-corrected chi connectivity index (χ2v) is 4.75. The topological polar surface area (TPSA) is 76.1 Å². The summed E-state index contributed by atoms with van der Waals surface area (Å²) < 4.78 is 10.3. The highest BCUT2D eigenvalue weighted by Crippen LogP contribution is 2.25. The molecule has 114 valence electrons. The van der Waals surface area contributed by atoms with Gasteiger partial charge < -0.3 is 19.5 Å². The van der Waals surface area contributed by atoms with Crippen molar-refractivity contribution in [3.05, 3.63) is 24.3 Å². The molecule has 21 heavy (non-hydrogen) atoms. The van der Waals surface area contributed by atoms with Gasteiger partial charge in [0.25, 0.3) is 5.91 Å². The molecule has 1 saturated heterocycles. The Kier molecular flexibility index (Phi) is 5.03. The molecule has 0 spiro atoms. The number of aromatic hydroxyl groups is 1. The lowest BCUT2D eigenvalue weighted by Gasteiger charge is -2.23. The lowest BCUT2D eigenvalue weighted by molar-refractivity contribution is -0.153.